The number of furan rings is 1. The molecule has 2 bridgehead atoms. The molecule has 1 amide bonds. The summed E-state index contributed by atoms with van der Waals surface area (Å²) in [5.41, 5.74) is 1.12. The highest BCUT2D eigenvalue weighted by Gasteiger charge is 2.55. The van der Waals surface area contributed by atoms with Crippen molar-refractivity contribution in [3.8, 4) is 0 Å². The number of hydrogen-bond acceptors (Lipinski definition) is 4. The van der Waals surface area contributed by atoms with E-state index in [4.69, 9.17) is 13.9 Å². The Morgan fingerprint density at radius 1 is 1.44 bits per heavy atom. The van der Waals surface area contributed by atoms with Crippen LogP contribution >= 0.6 is 0 Å². The lowest BCUT2D eigenvalue weighted by Crippen LogP contribution is -2.54. The Kier molecular flexibility index (Phi) is 4.96. The van der Waals surface area contributed by atoms with Crippen LogP contribution in [0.4, 0.5) is 4.79 Å². The van der Waals surface area contributed by atoms with Crippen LogP contribution in [0, 0.1) is 23.2 Å². The van der Waals surface area contributed by atoms with Gasteiger partial charge in [-0.1, -0.05) is 25.5 Å². The topological polar surface area (TPSA) is 60.7 Å². The second-order valence-corrected chi connectivity index (χ2v) is 7.87. The summed E-state index contributed by atoms with van der Waals surface area (Å²) in [6.07, 6.45) is 3.56. The summed E-state index contributed by atoms with van der Waals surface area (Å²) < 4.78 is 17.5. The van der Waals surface area contributed by atoms with Crippen molar-refractivity contribution in [3.63, 3.8) is 0 Å². The van der Waals surface area contributed by atoms with Crippen molar-refractivity contribution in [2.24, 2.45) is 23.2 Å². The highest BCUT2D eigenvalue weighted by Crippen LogP contribution is 2.56. The van der Waals surface area contributed by atoms with Gasteiger partial charge in [-0.2, -0.15) is 0 Å². The molecule has 0 spiro atoms. The number of carbonyl (C=O) groups excluding carboxylic acids is 1. The van der Waals surface area contributed by atoms with Gasteiger partial charge in [-0.15, -0.1) is 0 Å². The Balaban J connectivity index is 1.82. The van der Waals surface area contributed by atoms with E-state index < -0.39 is 0 Å². The summed E-state index contributed by atoms with van der Waals surface area (Å²) in [6.45, 7) is 11.4. The first-order valence-electron chi connectivity index (χ1n) is 9.12. The summed E-state index contributed by atoms with van der Waals surface area (Å²) in [6, 6.07) is 3.93. The number of allylic oxidation sites excluding steroid dienone is 1. The predicted molar refractivity (Wildman–Crippen MR) is 95.0 cm³/mol. The third-order valence-corrected chi connectivity index (χ3v) is 5.95. The first-order valence-corrected chi connectivity index (χ1v) is 9.12. The van der Waals surface area contributed by atoms with Gasteiger partial charge in [0, 0.05) is 17.4 Å². The number of ether oxygens (including phenoxy) is 2. The van der Waals surface area contributed by atoms with E-state index in [0.29, 0.717) is 19.1 Å². The van der Waals surface area contributed by atoms with Crippen LogP contribution in [0.5, 0.6) is 0 Å². The molecule has 5 heteroatoms. The van der Waals surface area contributed by atoms with E-state index >= 15 is 0 Å². The van der Waals surface area contributed by atoms with Gasteiger partial charge in [-0.25, -0.2) is 4.79 Å². The number of amides is 1. The van der Waals surface area contributed by atoms with Gasteiger partial charge < -0.3 is 19.2 Å². The fourth-order valence-corrected chi connectivity index (χ4v) is 4.44. The van der Waals surface area contributed by atoms with Crippen LogP contribution < -0.4 is 5.32 Å². The van der Waals surface area contributed by atoms with Crippen LogP contribution in [0.15, 0.2) is 34.5 Å². The molecule has 2 heterocycles. The lowest BCUT2D eigenvalue weighted by molar-refractivity contribution is -0.170. The molecule has 138 valence electrons. The van der Waals surface area contributed by atoms with E-state index in [1.807, 2.05) is 26.0 Å². The molecule has 3 rings (SSSR count). The van der Waals surface area contributed by atoms with Gasteiger partial charge in [0.15, 0.2) is 0 Å². The van der Waals surface area contributed by atoms with E-state index in [-0.39, 0.29) is 35.5 Å². The SMILES string of the molecule is CC1=C[C@H](C)[C@@]2(COC(=O)NC(C)C)CO[C@H](c3ccco3)[C@@H]1[C@@H]2C. The van der Waals surface area contributed by atoms with E-state index in [1.165, 1.54) is 5.57 Å². The zero-order valence-electron chi connectivity index (χ0n) is 15.7. The average Bonchev–Trinajstić information content (AvgIpc) is 3.05. The molecule has 1 aromatic heterocycles. The lowest BCUT2D eigenvalue weighted by Gasteiger charge is -2.54. The molecule has 0 saturated carbocycles. The molecule has 5 nitrogen and oxygen atoms in total. The van der Waals surface area contributed by atoms with E-state index in [2.05, 4.69) is 32.2 Å². The van der Waals surface area contributed by atoms with E-state index in [0.717, 1.165) is 5.76 Å². The number of rotatable bonds is 4. The van der Waals surface area contributed by atoms with Gasteiger partial charge in [0.2, 0.25) is 0 Å². The highest BCUT2D eigenvalue weighted by atomic mass is 16.6. The minimum atomic E-state index is -0.361. The Hall–Kier alpha value is -1.75. The van der Waals surface area contributed by atoms with Crippen molar-refractivity contribution in [2.45, 2.75) is 46.8 Å². The Morgan fingerprint density at radius 2 is 2.20 bits per heavy atom. The summed E-state index contributed by atoms with van der Waals surface area (Å²) in [7, 11) is 0. The summed E-state index contributed by atoms with van der Waals surface area (Å²) >= 11 is 0. The zero-order chi connectivity index (χ0) is 18.2. The molecule has 5 atom stereocenters. The molecule has 25 heavy (non-hydrogen) atoms. The normalized spacial score (nSPS) is 34.6. The van der Waals surface area contributed by atoms with Gasteiger partial charge >= 0.3 is 6.09 Å². The van der Waals surface area contributed by atoms with Gasteiger partial charge in [0.05, 0.1) is 12.9 Å². The molecule has 1 fully saturated rings. The third kappa shape index (κ3) is 3.22. The van der Waals surface area contributed by atoms with Gasteiger partial charge in [0.25, 0.3) is 0 Å². The maximum atomic E-state index is 12.0. The number of carbonyl (C=O) groups is 1. The highest BCUT2D eigenvalue weighted by molar-refractivity contribution is 5.67. The van der Waals surface area contributed by atoms with Crippen molar-refractivity contribution in [1.82, 2.24) is 5.32 Å². The largest absolute Gasteiger partial charge is 0.467 e. The van der Waals surface area contributed by atoms with Crippen molar-refractivity contribution in [2.75, 3.05) is 13.2 Å². The quantitative estimate of drug-likeness (QED) is 0.824. The van der Waals surface area contributed by atoms with Gasteiger partial charge in [0.1, 0.15) is 18.5 Å². The first-order chi connectivity index (χ1) is 11.8. The maximum Gasteiger partial charge on any atom is 0.407 e. The fourth-order valence-electron chi connectivity index (χ4n) is 4.44. The molecule has 1 N–H and O–H groups in total. The maximum absolute atomic E-state index is 12.0. The molecule has 0 aromatic carbocycles. The van der Waals surface area contributed by atoms with Crippen LogP contribution in [0.25, 0.3) is 0 Å². The van der Waals surface area contributed by atoms with Crippen molar-refractivity contribution < 1.29 is 18.7 Å². The number of alkyl carbamates (subject to hydrolysis) is 1. The summed E-state index contributed by atoms with van der Waals surface area (Å²) in [4.78, 5) is 12.0. The molecule has 1 aliphatic carbocycles. The zero-order valence-corrected chi connectivity index (χ0v) is 15.7. The molecular weight excluding hydrogens is 318 g/mol. The van der Waals surface area contributed by atoms with E-state index in [9.17, 15) is 4.79 Å². The summed E-state index contributed by atoms with van der Waals surface area (Å²) in [5.74, 6) is 1.70. The Labute approximate surface area is 149 Å². The van der Waals surface area contributed by atoms with Gasteiger partial charge in [-0.05, 0) is 44.7 Å². The molecule has 0 radical (unpaired) electrons. The van der Waals surface area contributed by atoms with Gasteiger partial charge in [-0.3, -0.25) is 0 Å². The molecular formula is C20H29NO4. The number of fused-ring (bicyclic) bond motifs is 2. The van der Waals surface area contributed by atoms with Crippen molar-refractivity contribution >= 4 is 6.09 Å². The standard InChI is InChI=1S/C20H29NO4/c1-12(2)21-19(22)25-11-20-10-24-18(16-7-6-8-23-16)17(15(20)5)13(3)9-14(20)4/h6-9,12,14-15,17-18H,10-11H2,1-5H3,(H,21,22)/t14-,15-,17-,18+,20-/m0/s1. The van der Waals surface area contributed by atoms with Crippen molar-refractivity contribution in [3.05, 3.63) is 35.8 Å². The van der Waals surface area contributed by atoms with Crippen LogP contribution in [-0.2, 0) is 9.47 Å². The monoisotopic (exact) mass is 347 g/mol. The van der Waals surface area contributed by atoms with Crippen LogP contribution in [0.3, 0.4) is 0 Å². The van der Waals surface area contributed by atoms with E-state index in [1.54, 1.807) is 6.26 Å². The lowest BCUT2D eigenvalue weighted by atomic mass is 9.56. The minimum absolute atomic E-state index is 0.0621. The van der Waals surface area contributed by atoms with Crippen LogP contribution in [-0.4, -0.2) is 25.3 Å². The Morgan fingerprint density at radius 3 is 2.84 bits per heavy atom. The Bertz CT molecular complexity index is 636. The fraction of sp³-hybridized carbons (Fsp3) is 0.650. The number of nitrogens with one attached hydrogen (secondary N) is 1. The van der Waals surface area contributed by atoms with Crippen LogP contribution in [0.1, 0.15) is 46.5 Å². The minimum Gasteiger partial charge on any atom is -0.467 e. The second kappa shape index (κ2) is 6.87. The molecule has 0 unspecified atom stereocenters. The molecule has 1 aliphatic heterocycles. The smallest absolute Gasteiger partial charge is 0.407 e. The summed E-state index contributed by atoms with van der Waals surface area (Å²) in [5, 5.41) is 2.79. The first kappa shape index (κ1) is 18.1. The molecule has 2 aliphatic rings. The molecule has 1 aromatic rings. The predicted octanol–water partition coefficient (Wildman–Crippen LogP) is 4.32. The van der Waals surface area contributed by atoms with Crippen LogP contribution in [0.2, 0.25) is 0 Å². The third-order valence-electron chi connectivity index (χ3n) is 5.95. The van der Waals surface area contributed by atoms with Crippen molar-refractivity contribution in [1.29, 1.82) is 0 Å². The second-order valence-electron chi connectivity index (χ2n) is 7.87. The average molecular weight is 347 g/mol. The molecule has 1 saturated heterocycles. The number of hydrogen-bond donors (Lipinski definition) is 1.